The summed E-state index contributed by atoms with van der Waals surface area (Å²) >= 11 is 3.38. The summed E-state index contributed by atoms with van der Waals surface area (Å²) in [5.41, 5.74) is 1.03. The zero-order valence-corrected chi connectivity index (χ0v) is 8.91. The van der Waals surface area contributed by atoms with Crippen LogP contribution >= 0.6 is 15.9 Å². The predicted octanol–water partition coefficient (Wildman–Crippen LogP) is 2.46. The van der Waals surface area contributed by atoms with Crippen LogP contribution in [0.15, 0.2) is 28.7 Å². The number of ether oxygens (including phenoxy) is 1. The van der Waals surface area contributed by atoms with Gasteiger partial charge in [0, 0.05) is 0 Å². The first-order chi connectivity index (χ1) is 6.27. The Labute approximate surface area is 86.0 Å². The molecule has 0 saturated heterocycles. The Morgan fingerprint density at radius 3 is 2.85 bits per heavy atom. The Balaban J connectivity index is 2.89. The van der Waals surface area contributed by atoms with E-state index in [1.165, 1.54) is 0 Å². The molecule has 0 heterocycles. The predicted molar refractivity (Wildman–Crippen MR) is 56.8 cm³/mol. The van der Waals surface area contributed by atoms with Crippen LogP contribution in [0.5, 0.6) is 5.75 Å². The lowest BCUT2D eigenvalue weighted by atomic mass is 10.2. The van der Waals surface area contributed by atoms with Crippen molar-refractivity contribution in [3.63, 3.8) is 0 Å². The molecule has 0 aromatic heterocycles. The summed E-state index contributed by atoms with van der Waals surface area (Å²) in [7, 11) is 1.63. The summed E-state index contributed by atoms with van der Waals surface area (Å²) in [4.78, 5) is 0. The van der Waals surface area contributed by atoms with E-state index in [1.54, 1.807) is 13.2 Å². The Kier molecular flexibility index (Phi) is 3.99. The number of aliphatic hydroxyl groups excluding tert-OH is 1. The highest BCUT2D eigenvalue weighted by molar-refractivity contribution is 9.10. The molecule has 0 aliphatic heterocycles. The van der Waals surface area contributed by atoms with E-state index in [1.807, 2.05) is 24.3 Å². The third-order valence-electron chi connectivity index (χ3n) is 1.59. The van der Waals surface area contributed by atoms with E-state index in [0.29, 0.717) is 0 Å². The van der Waals surface area contributed by atoms with Crippen molar-refractivity contribution in [1.29, 1.82) is 0 Å². The number of aliphatic hydroxyl groups is 1. The molecule has 0 aliphatic rings. The molecule has 0 saturated carbocycles. The average Bonchev–Trinajstić information content (AvgIpc) is 2.15. The smallest absolute Gasteiger partial charge is 0.133 e. The third kappa shape index (κ3) is 2.86. The summed E-state index contributed by atoms with van der Waals surface area (Å²) in [6.45, 7) is 0.0592. The van der Waals surface area contributed by atoms with Gasteiger partial charge in [0.1, 0.15) is 5.75 Å². The van der Waals surface area contributed by atoms with Crippen molar-refractivity contribution in [2.45, 2.75) is 0 Å². The van der Waals surface area contributed by atoms with Crippen LogP contribution in [0.2, 0.25) is 0 Å². The number of halogens is 1. The van der Waals surface area contributed by atoms with Crippen LogP contribution in [0.4, 0.5) is 0 Å². The van der Waals surface area contributed by atoms with Crippen LogP contribution in [-0.2, 0) is 0 Å². The second kappa shape index (κ2) is 5.04. The topological polar surface area (TPSA) is 29.5 Å². The number of rotatable bonds is 3. The molecule has 0 fully saturated rings. The zero-order valence-electron chi connectivity index (χ0n) is 7.33. The number of hydrogen-bond acceptors (Lipinski definition) is 2. The number of benzene rings is 1. The summed E-state index contributed by atoms with van der Waals surface area (Å²) < 4.78 is 6.00. The highest BCUT2D eigenvalue weighted by atomic mass is 79.9. The van der Waals surface area contributed by atoms with Gasteiger partial charge in [0.25, 0.3) is 0 Å². The van der Waals surface area contributed by atoms with Crippen LogP contribution in [0.3, 0.4) is 0 Å². The summed E-state index contributed by atoms with van der Waals surface area (Å²) in [5, 5.41) is 8.57. The van der Waals surface area contributed by atoms with Gasteiger partial charge in [-0.3, -0.25) is 0 Å². The fraction of sp³-hybridized carbons (Fsp3) is 0.200. The van der Waals surface area contributed by atoms with Gasteiger partial charge in [0.05, 0.1) is 18.2 Å². The van der Waals surface area contributed by atoms with E-state index in [2.05, 4.69) is 15.9 Å². The second-order valence-corrected chi connectivity index (χ2v) is 3.33. The molecule has 1 N–H and O–H groups in total. The quantitative estimate of drug-likeness (QED) is 0.883. The van der Waals surface area contributed by atoms with Crippen molar-refractivity contribution >= 4 is 22.0 Å². The van der Waals surface area contributed by atoms with Crippen molar-refractivity contribution in [3.05, 3.63) is 34.3 Å². The molecule has 0 aliphatic carbocycles. The van der Waals surface area contributed by atoms with E-state index in [9.17, 15) is 0 Å². The molecular formula is C10H11BrO2. The van der Waals surface area contributed by atoms with Crippen LogP contribution in [-0.4, -0.2) is 18.8 Å². The van der Waals surface area contributed by atoms with Crippen LogP contribution < -0.4 is 4.74 Å². The van der Waals surface area contributed by atoms with Gasteiger partial charge in [-0.05, 0) is 33.6 Å². The highest BCUT2D eigenvalue weighted by Crippen LogP contribution is 2.25. The maximum atomic E-state index is 8.57. The Morgan fingerprint density at radius 1 is 1.54 bits per heavy atom. The fourth-order valence-corrected chi connectivity index (χ4v) is 1.53. The molecule has 0 atom stereocenters. The van der Waals surface area contributed by atoms with Crippen molar-refractivity contribution in [3.8, 4) is 5.75 Å². The molecular weight excluding hydrogens is 232 g/mol. The number of methoxy groups -OCH3 is 1. The minimum Gasteiger partial charge on any atom is -0.496 e. The molecule has 1 aromatic rings. The van der Waals surface area contributed by atoms with E-state index < -0.39 is 0 Å². The lowest BCUT2D eigenvalue weighted by Crippen LogP contribution is -1.84. The SMILES string of the molecule is COc1ccc(C=CCO)cc1Br. The zero-order chi connectivity index (χ0) is 9.68. The van der Waals surface area contributed by atoms with Gasteiger partial charge in [-0.15, -0.1) is 0 Å². The van der Waals surface area contributed by atoms with Crippen molar-refractivity contribution in [2.75, 3.05) is 13.7 Å². The molecule has 0 spiro atoms. The first kappa shape index (κ1) is 10.3. The van der Waals surface area contributed by atoms with Crippen LogP contribution in [0, 0.1) is 0 Å². The Hall–Kier alpha value is -0.800. The minimum absolute atomic E-state index is 0.0592. The first-order valence-electron chi connectivity index (χ1n) is 3.89. The molecule has 0 unspecified atom stereocenters. The van der Waals surface area contributed by atoms with Gasteiger partial charge < -0.3 is 9.84 Å². The van der Waals surface area contributed by atoms with Gasteiger partial charge >= 0.3 is 0 Å². The molecule has 2 nitrogen and oxygen atoms in total. The monoisotopic (exact) mass is 242 g/mol. The standard InChI is InChI=1S/C10H11BrO2/c1-13-10-5-4-8(3-2-6-12)7-9(10)11/h2-5,7,12H,6H2,1H3. The lowest BCUT2D eigenvalue weighted by molar-refractivity contribution is 0.343. The molecule has 0 amide bonds. The Morgan fingerprint density at radius 2 is 2.31 bits per heavy atom. The molecule has 3 heteroatoms. The van der Waals surface area contributed by atoms with Crippen molar-refractivity contribution < 1.29 is 9.84 Å². The summed E-state index contributed by atoms with van der Waals surface area (Å²) in [5.74, 6) is 0.807. The highest BCUT2D eigenvalue weighted by Gasteiger charge is 1.98. The summed E-state index contributed by atoms with van der Waals surface area (Å²) in [6, 6.07) is 5.74. The van der Waals surface area contributed by atoms with Crippen LogP contribution in [0.1, 0.15) is 5.56 Å². The maximum Gasteiger partial charge on any atom is 0.133 e. The second-order valence-electron chi connectivity index (χ2n) is 2.48. The van der Waals surface area contributed by atoms with E-state index in [0.717, 1.165) is 15.8 Å². The Bertz CT molecular complexity index is 308. The molecule has 1 rings (SSSR count). The minimum atomic E-state index is 0.0592. The fourth-order valence-electron chi connectivity index (χ4n) is 0.975. The van der Waals surface area contributed by atoms with E-state index in [4.69, 9.17) is 9.84 Å². The average molecular weight is 243 g/mol. The maximum absolute atomic E-state index is 8.57. The molecule has 70 valence electrons. The number of hydrogen-bond donors (Lipinski definition) is 1. The molecule has 0 radical (unpaired) electrons. The first-order valence-corrected chi connectivity index (χ1v) is 4.68. The molecule has 13 heavy (non-hydrogen) atoms. The lowest BCUT2D eigenvalue weighted by Gasteiger charge is -2.02. The third-order valence-corrected chi connectivity index (χ3v) is 2.21. The largest absolute Gasteiger partial charge is 0.496 e. The summed E-state index contributed by atoms with van der Waals surface area (Å²) in [6.07, 6.45) is 3.54. The van der Waals surface area contributed by atoms with Crippen LogP contribution in [0.25, 0.3) is 6.08 Å². The van der Waals surface area contributed by atoms with Gasteiger partial charge in [-0.25, -0.2) is 0 Å². The van der Waals surface area contributed by atoms with Crippen molar-refractivity contribution in [1.82, 2.24) is 0 Å². The molecule has 0 bridgehead atoms. The van der Waals surface area contributed by atoms with Gasteiger partial charge in [-0.2, -0.15) is 0 Å². The molecule has 1 aromatic carbocycles. The van der Waals surface area contributed by atoms with Gasteiger partial charge in [-0.1, -0.05) is 18.2 Å². The van der Waals surface area contributed by atoms with E-state index in [-0.39, 0.29) is 6.61 Å². The van der Waals surface area contributed by atoms with Crippen molar-refractivity contribution in [2.24, 2.45) is 0 Å². The normalized spacial score (nSPS) is 10.7. The van der Waals surface area contributed by atoms with Gasteiger partial charge in [0.2, 0.25) is 0 Å². The van der Waals surface area contributed by atoms with E-state index >= 15 is 0 Å². The van der Waals surface area contributed by atoms with Gasteiger partial charge in [0.15, 0.2) is 0 Å².